The number of halogens is 2. The third-order valence-corrected chi connectivity index (χ3v) is 4.02. The second-order valence-electron chi connectivity index (χ2n) is 5.70. The van der Waals surface area contributed by atoms with Gasteiger partial charge in [0.25, 0.3) is 0 Å². The van der Waals surface area contributed by atoms with E-state index < -0.39 is 5.97 Å². The fraction of sp³-hybridized carbons (Fsp3) is 0.562. The molecular weight excluding hydrogens is 309 g/mol. The van der Waals surface area contributed by atoms with Crippen LogP contribution in [0.15, 0.2) is 18.2 Å². The molecule has 0 heterocycles. The first kappa shape index (κ1) is 18.3. The number of aliphatic carboxylic acids is 1. The Morgan fingerprint density at radius 2 is 1.95 bits per heavy atom. The van der Waals surface area contributed by atoms with Gasteiger partial charge in [-0.25, -0.2) is 0 Å². The van der Waals surface area contributed by atoms with Crippen molar-refractivity contribution in [1.82, 2.24) is 4.90 Å². The molecule has 0 saturated heterocycles. The van der Waals surface area contributed by atoms with Gasteiger partial charge < -0.3 is 5.11 Å². The molecule has 1 aromatic carbocycles. The van der Waals surface area contributed by atoms with Gasteiger partial charge >= 0.3 is 5.97 Å². The Morgan fingerprint density at radius 1 is 1.24 bits per heavy atom. The molecule has 3 nitrogen and oxygen atoms in total. The van der Waals surface area contributed by atoms with E-state index in [1.165, 1.54) is 0 Å². The van der Waals surface area contributed by atoms with Crippen LogP contribution in [0.5, 0.6) is 0 Å². The summed E-state index contributed by atoms with van der Waals surface area (Å²) in [5.74, 6) is -0.117. The van der Waals surface area contributed by atoms with Crippen molar-refractivity contribution in [2.75, 3.05) is 13.1 Å². The first-order valence-electron chi connectivity index (χ1n) is 7.26. The minimum absolute atomic E-state index is 0.208. The fourth-order valence-electron chi connectivity index (χ4n) is 2.06. The molecule has 0 saturated carbocycles. The number of benzene rings is 1. The zero-order chi connectivity index (χ0) is 15.8. The van der Waals surface area contributed by atoms with Crippen molar-refractivity contribution in [3.05, 3.63) is 33.8 Å². The lowest BCUT2D eigenvalue weighted by molar-refractivity contribution is -0.137. The Bertz CT molecular complexity index is 464. The Kier molecular flexibility index (Phi) is 8.09. The highest BCUT2D eigenvalue weighted by molar-refractivity contribution is 6.42. The molecule has 1 rings (SSSR count). The van der Waals surface area contributed by atoms with Crippen LogP contribution in [0.4, 0.5) is 0 Å². The van der Waals surface area contributed by atoms with Crippen molar-refractivity contribution in [1.29, 1.82) is 0 Å². The number of carboxylic acid groups (broad SMARTS) is 1. The summed E-state index contributed by atoms with van der Waals surface area (Å²) in [6, 6.07) is 5.65. The Hall–Kier alpha value is -0.770. The van der Waals surface area contributed by atoms with Gasteiger partial charge in [-0.2, -0.15) is 0 Å². The van der Waals surface area contributed by atoms with E-state index in [1.807, 2.05) is 12.1 Å². The van der Waals surface area contributed by atoms with Gasteiger partial charge in [0.05, 0.1) is 10.0 Å². The summed E-state index contributed by atoms with van der Waals surface area (Å²) < 4.78 is 0. The molecule has 5 heteroatoms. The van der Waals surface area contributed by atoms with E-state index in [0.29, 0.717) is 22.4 Å². The Labute approximate surface area is 136 Å². The van der Waals surface area contributed by atoms with Crippen LogP contribution in [-0.4, -0.2) is 29.1 Å². The van der Waals surface area contributed by atoms with Gasteiger partial charge in [0.2, 0.25) is 0 Å². The third kappa shape index (κ3) is 7.70. The topological polar surface area (TPSA) is 40.5 Å². The zero-order valence-electron chi connectivity index (χ0n) is 12.6. The molecule has 0 unspecified atom stereocenters. The van der Waals surface area contributed by atoms with Gasteiger partial charge in [-0.15, -0.1) is 0 Å². The number of hydrogen-bond donors (Lipinski definition) is 1. The quantitative estimate of drug-likeness (QED) is 0.712. The predicted octanol–water partition coefficient (Wildman–Crippen LogP) is 4.71. The molecule has 0 bridgehead atoms. The molecule has 0 aliphatic rings. The SMILES string of the molecule is CC(C)CCN(CCCC(=O)O)Cc1ccc(Cl)c(Cl)c1. The van der Waals surface area contributed by atoms with Gasteiger partial charge in [-0.1, -0.05) is 43.1 Å². The Balaban J connectivity index is 2.61. The summed E-state index contributed by atoms with van der Waals surface area (Å²) in [5.41, 5.74) is 1.10. The highest BCUT2D eigenvalue weighted by atomic mass is 35.5. The average molecular weight is 332 g/mol. The number of rotatable bonds is 9. The van der Waals surface area contributed by atoms with E-state index in [4.69, 9.17) is 28.3 Å². The number of hydrogen-bond acceptors (Lipinski definition) is 2. The van der Waals surface area contributed by atoms with Gasteiger partial charge in [0, 0.05) is 13.0 Å². The lowest BCUT2D eigenvalue weighted by Crippen LogP contribution is -2.27. The predicted molar refractivity (Wildman–Crippen MR) is 88.1 cm³/mol. The second kappa shape index (κ2) is 9.29. The van der Waals surface area contributed by atoms with Gasteiger partial charge in [-0.05, 0) is 49.5 Å². The van der Waals surface area contributed by atoms with Crippen molar-refractivity contribution in [2.24, 2.45) is 5.92 Å². The monoisotopic (exact) mass is 331 g/mol. The summed E-state index contributed by atoms with van der Waals surface area (Å²) in [4.78, 5) is 12.9. The minimum Gasteiger partial charge on any atom is -0.481 e. The molecular formula is C16H23Cl2NO2. The molecule has 0 aliphatic carbocycles. The standard InChI is InChI=1S/C16H23Cl2NO2/c1-12(2)7-9-19(8-3-4-16(20)21)11-13-5-6-14(17)15(18)10-13/h5-6,10,12H,3-4,7-9,11H2,1-2H3,(H,20,21). The van der Waals surface area contributed by atoms with E-state index in [1.54, 1.807) is 6.07 Å². The average Bonchev–Trinajstić information content (AvgIpc) is 2.39. The van der Waals surface area contributed by atoms with Crippen LogP contribution in [0.3, 0.4) is 0 Å². The van der Waals surface area contributed by atoms with E-state index >= 15 is 0 Å². The van der Waals surface area contributed by atoms with Gasteiger partial charge in [0.1, 0.15) is 0 Å². The second-order valence-corrected chi connectivity index (χ2v) is 6.52. The first-order valence-corrected chi connectivity index (χ1v) is 8.02. The third-order valence-electron chi connectivity index (χ3n) is 3.28. The molecule has 0 aliphatic heterocycles. The fourth-order valence-corrected chi connectivity index (χ4v) is 2.38. The highest BCUT2D eigenvalue weighted by Gasteiger charge is 2.09. The first-order chi connectivity index (χ1) is 9.88. The number of carboxylic acids is 1. The molecule has 0 radical (unpaired) electrons. The number of carbonyl (C=O) groups is 1. The van der Waals surface area contributed by atoms with E-state index in [-0.39, 0.29) is 6.42 Å². The van der Waals surface area contributed by atoms with Crippen molar-refractivity contribution >= 4 is 29.2 Å². The van der Waals surface area contributed by atoms with Crippen LogP contribution in [0.2, 0.25) is 10.0 Å². The van der Waals surface area contributed by atoms with Crippen LogP contribution in [0.25, 0.3) is 0 Å². The summed E-state index contributed by atoms with van der Waals surface area (Å²) in [5, 5.41) is 9.86. The summed E-state index contributed by atoms with van der Waals surface area (Å²) in [7, 11) is 0. The maximum Gasteiger partial charge on any atom is 0.303 e. The number of nitrogens with zero attached hydrogens (tertiary/aromatic N) is 1. The van der Waals surface area contributed by atoms with Crippen LogP contribution in [-0.2, 0) is 11.3 Å². The van der Waals surface area contributed by atoms with Crippen molar-refractivity contribution < 1.29 is 9.90 Å². The van der Waals surface area contributed by atoms with Crippen molar-refractivity contribution in [3.8, 4) is 0 Å². The van der Waals surface area contributed by atoms with E-state index in [0.717, 1.165) is 31.6 Å². The molecule has 0 amide bonds. The van der Waals surface area contributed by atoms with Crippen LogP contribution < -0.4 is 0 Å². The molecule has 0 aromatic heterocycles. The van der Waals surface area contributed by atoms with Crippen LogP contribution in [0, 0.1) is 5.92 Å². The lowest BCUT2D eigenvalue weighted by atomic mass is 10.1. The molecule has 118 valence electrons. The van der Waals surface area contributed by atoms with Crippen LogP contribution >= 0.6 is 23.2 Å². The molecule has 0 spiro atoms. The van der Waals surface area contributed by atoms with E-state index in [9.17, 15) is 4.79 Å². The maximum atomic E-state index is 10.6. The summed E-state index contributed by atoms with van der Waals surface area (Å²) in [6.07, 6.45) is 1.96. The summed E-state index contributed by atoms with van der Waals surface area (Å²) >= 11 is 12.0. The molecule has 0 fully saturated rings. The van der Waals surface area contributed by atoms with Gasteiger partial charge in [0.15, 0.2) is 0 Å². The normalized spacial score (nSPS) is 11.3. The highest BCUT2D eigenvalue weighted by Crippen LogP contribution is 2.23. The summed E-state index contributed by atoms with van der Waals surface area (Å²) in [6.45, 7) is 6.88. The zero-order valence-corrected chi connectivity index (χ0v) is 14.1. The van der Waals surface area contributed by atoms with Crippen molar-refractivity contribution in [3.63, 3.8) is 0 Å². The lowest BCUT2D eigenvalue weighted by Gasteiger charge is -2.23. The van der Waals surface area contributed by atoms with Crippen molar-refractivity contribution in [2.45, 2.75) is 39.7 Å². The Morgan fingerprint density at radius 3 is 2.52 bits per heavy atom. The molecule has 0 atom stereocenters. The van der Waals surface area contributed by atoms with E-state index in [2.05, 4.69) is 18.7 Å². The molecule has 1 aromatic rings. The molecule has 21 heavy (non-hydrogen) atoms. The van der Waals surface area contributed by atoms with Gasteiger partial charge in [-0.3, -0.25) is 9.69 Å². The van der Waals surface area contributed by atoms with Crippen LogP contribution in [0.1, 0.15) is 38.7 Å². The minimum atomic E-state index is -0.742. The smallest absolute Gasteiger partial charge is 0.303 e. The largest absolute Gasteiger partial charge is 0.481 e. The molecule has 1 N–H and O–H groups in total. The maximum absolute atomic E-state index is 10.6.